The molecule has 1 rings (SSSR count). The first kappa shape index (κ1) is 13.2. The van der Waals surface area contributed by atoms with Crippen LogP contribution in [0.3, 0.4) is 0 Å². The van der Waals surface area contributed by atoms with Gasteiger partial charge in [-0.2, -0.15) is 0 Å². The summed E-state index contributed by atoms with van der Waals surface area (Å²) in [6.07, 6.45) is 10.2. The van der Waals surface area contributed by atoms with E-state index < -0.39 is 0 Å². The minimum atomic E-state index is 0.612. The Labute approximate surface area is 99.5 Å². The third-order valence-electron chi connectivity index (χ3n) is 2.85. The van der Waals surface area contributed by atoms with Crippen LogP contribution in [0.5, 0.6) is 0 Å². The number of nitrogens with zero attached hydrogens (tertiary/aromatic N) is 1. The van der Waals surface area contributed by atoms with Gasteiger partial charge in [0.05, 0.1) is 0 Å². The van der Waals surface area contributed by atoms with Crippen molar-refractivity contribution in [3.05, 3.63) is 30.1 Å². The van der Waals surface area contributed by atoms with Gasteiger partial charge in [-0.25, -0.2) is 0 Å². The van der Waals surface area contributed by atoms with Gasteiger partial charge in [-0.1, -0.05) is 39.2 Å². The molecule has 0 amide bonds. The van der Waals surface area contributed by atoms with Crippen LogP contribution < -0.4 is 5.32 Å². The first-order valence-corrected chi connectivity index (χ1v) is 6.49. The van der Waals surface area contributed by atoms with Gasteiger partial charge in [-0.3, -0.25) is 4.98 Å². The second-order valence-corrected chi connectivity index (χ2v) is 4.32. The number of hydrogen-bond acceptors (Lipinski definition) is 2. The summed E-state index contributed by atoms with van der Waals surface area (Å²) >= 11 is 0. The maximum Gasteiger partial charge on any atom is 0.0300 e. The van der Waals surface area contributed by atoms with E-state index in [4.69, 9.17) is 0 Å². The largest absolute Gasteiger partial charge is 0.314 e. The molecular weight excluding hydrogens is 196 g/mol. The van der Waals surface area contributed by atoms with Gasteiger partial charge in [0.2, 0.25) is 0 Å². The first-order chi connectivity index (χ1) is 7.86. The molecule has 1 N–H and O–H groups in total. The average Bonchev–Trinajstić information content (AvgIpc) is 2.31. The van der Waals surface area contributed by atoms with Crippen molar-refractivity contribution in [3.8, 4) is 0 Å². The fourth-order valence-corrected chi connectivity index (χ4v) is 2.01. The van der Waals surface area contributed by atoms with E-state index >= 15 is 0 Å². The van der Waals surface area contributed by atoms with E-state index in [1.165, 1.54) is 31.2 Å². The van der Waals surface area contributed by atoms with Crippen molar-refractivity contribution in [2.45, 2.75) is 52.0 Å². The molecule has 90 valence electrons. The molecule has 0 bridgehead atoms. The third kappa shape index (κ3) is 5.26. The molecule has 0 aliphatic heterocycles. The van der Waals surface area contributed by atoms with E-state index in [-0.39, 0.29) is 0 Å². The molecule has 2 heteroatoms. The van der Waals surface area contributed by atoms with Crippen LogP contribution in [0.15, 0.2) is 24.5 Å². The van der Waals surface area contributed by atoms with Gasteiger partial charge in [0.1, 0.15) is 0 Å². The quantitative estimate of drug-likeness (QED) is 0.681. The topological polar surface area (TPSA) is 24.9 Å². The van der Waals surface area contributed by atoms with Gasteiger partial charge in [-0.05, 0) is 31.0 Å². The van der Waals surface area contributed by atoms with Crippen LogP contribution >= 0.6 is 0 Å². The number of aromatic nitrogens is 1. The Hall–Kier alpha value is -0.890. The van der Waals surface area contributed by atoms with Crippen LogP contribution in [0.1, 0.15) is 45.1 Å². The summed E-state index contributed by atoms with van der Waals surface area (Å²) in [6, 6.07) is 4.79. The summed E-state index contributed by atoms with van der Waals surface area (Å²) in [5.41, 5.74) is 1.34. The summed E-state index contributed by atoms with van der Waals surface area (Å²) in [4.78, 5) is 4.17. The van der Waals surface area contributed by atoms with E-state index in [1.807, 2.05) is 18.5 Å². The summed E-state index contributed by atoms with van der Waals surface area (Å²) in [5.74, 6) is 0. The Morgan fingerprint density at radius 1 is 1.31 bits per heavy atom. The lowest BCUT2D eigenvalue weighted by atomic mass is 10.0. The van der Waals surface area contributed by atoms with Gasteiger partial charge in [0, 0.05) is 18.4 Å². The van der Waals surface area contributed by atoms with E-state index in [9.17, 15) is 0 Å². The van der Waals surface area contributed by atoms with Crippen LogP contribution in [-0.2, 0) is 6.42 Å². The third-order valence-corrected chi connectivity index (χ3v) is 2.85. The molecule has 1 atom stereocenters. The molecule has 2 nitrogen and oxygen atoms in total. The van der Waals surface area contributed by atoms with Crippen LogP contribution in [-0.4, -0.2) is 17.6 Å². The van der Waals surface area contributed by atoms with Crippen molar-refractivity contribution in [2.75, 3.05) is 6.54 Å². The number of pyridine rings is 1. The number of likely N-dealkylation sites (N-methyl/N-ethyl adjacent to an activating group) is 1. The van der Waals surface area contributed by atoms with Gasteiger partial charge >= 0.3 is 0 Å². The normalized spacial score (nSPS) is 12.6. The van der Waals surface area contributed by atoms with Crippen molar-refractivity contribution in [3.63, 3.8) is 0 Å². The van der Waals surface area contributed by atoms with E-state index in [2.05, 4.69) is 30.2 Å². The van der Waals surface area contributed by atoms with Gasteiger partial charge in [0.15, 0.2) is 0 Å². The van der Waals surface area contributed by atoms with Crippen LogP contribution in [0.25, 0.3) is 0 Å². The standard InChI is InChI=1S/C14H24N2/c1-3-5-6-9-14(16-4-2)11-13-8-7-10-15-12-13/h7-8,10,12,14,16H,3-6,9,11H2,1-2H3. The molecule has 1 unspecified atom stereocenters. The Morgan fingerprint density at radius 3 is 2.81 bits per heavy atom. The smallest absolute Gasteiger partial charge is 0.0300 e. The summed E-state index contributed by atoms with van der Waals surface area (Å²) < 4.78 is 0. The lowest BCUT2D eigenvalue weighted by Crippen LogP contribution is -2.30. The number of rotatable bonds is 8. The van der Waals surface area contributed by atoms with E-state index in [0.717, 1.165) is 13.0 Å². The minimum absolute atomic E-state index is 0.612. The van der Waals surface area contributed by atoms with Crippen LogP contribution in [0, 0.1) is 0 Å². The molecular formula is C14H24N2. The highest BCUT2D eigenvalue weighted by atomic mass is 14.9. The summed E-state index contributed by atoms with van der Waals surface area (Å²) in [5, 5.41) is 3.56. The second-order valence-electron chi connectivity index (χ2n) is 4.32. The fraction of sp³-hybridized carbons (Fsp3) is 0.643. The lowest BCUT2D eigenvalue weighted by molar-refractivity contribution is 0.466. The van der Waals surface area contributed by atoms with Gasteiger partial charge in [-0.15, -0.1) is 0 Å². The number of nitrogens with one attached hydrogen (secondary N) is 1. The Bertz CT molecular complexity index is 259. The van der Waals surface area contributed by atoms with Crippen molar-refractivity contribution < 1.29 is 0 Å². The zero-order chi connectivity index (χ0) is 11.6. The van der Waals surface area contributed by atoms with Crippen LogP contribution in [0.4, 0.5) is 0 Å². The Balaban J connectivity index is 2.38. The van der Waals surface area contributed by atoms with Crippen molar-refractivity contribution >= 4 is 0 Å². The highest BCUT2D eigenvalue weighted by Crippen LogP contribution is 2.09. The van der Waals surface area contributed by atoms with Crippen molar-refractivity contribution in [2.24, 2.45) is 0 Å². The lowest BCUT2D eigenvalue weighted by Gasteiger charge is -2.17. The molecule has 0 radical (unpaired) electrons. The molecule has 0 aliphatic carbocycles. The first-order valence-electron chi connectivity index (χ1n) is 6.49. The molecule has 0 fully saturated rings. The maximum atomic E-state index is 4.17. The molecule has 0 aliphatic rings. The monoisotopic (exact) mass is 220 g/mol. The average molecular weight is 220 g/mol. The summed E-state index contributed by atoms with van der Waals surface area (Å²) in [6.45, 7) is 5.48. The predicted molar refractivity (Wildman–Crippen MR) is 69.5 cm³/mol. The van der Waals surface area contributed by atoms with E-state index in [1.54, 1.807) is 0 Å². The fourth-order valence-electron chi connectivity index (χ4n) is 2.01. The molecule has 0 saturated carbocycles. The minimum Gasteiger partial charge on any atom is -0.314 e. The second kappa shape index (κ2) is 8.28. The molecule has 1 aromatic rings. The molecule has 1 heterocycles. The molecule has 1 aromatic heterocycles. The zero-order valence-corrected chi connectivity index (χ0v) is 10.6. The maximum absolute atomic E-state index is 4.17. The van der Waals surface area contributed by atoms with Gasteiger partial charge < -0.3 is 5.32 Å². The van der Waals surface area contributed by atoms with Gasteiger partial charge in [0.25, 0.3) is 0 Å². The highest BCUT2D eigenvalue weighted by Gasteiger charge is 2.07. The van der Waals surface area contributed by atoms with Crippen LogP contribution in [0.2, 0.25) is 0 Å². The molecule has 0 aromatic carbocycles. The molecule has 0 spiro atoms. The molecule has 16 heavy (non-hydrogen) atoms. The zero-order valence-electron chi connectivity index (χ0n) is 10.6. The Morgan fingerprint density at radius 2 is 2.19 bits per heavy atom. The Kier molecular flexibility index (Phi) is 6.82. The SMILES string of the molecule is CCCCCC(Cc1cccnc1)NCC. The number of hydrogen-bond donors (Lipinski definition) is 1. The van der Waals surface area contributed by atoms with Crippen molar-refractivity contribution in [1.29, 1.82) is 0 Å². The summed E-state index contributed by atoms with van der Waals surface area (Å²) in [7, 11) is 0. The molecule has 0 saturated heterocycles. The van der Waals surface area contributed by atoms with Crippen molar-refractivity contribution in [1.82, 2.24) is 10.3 Å². The highest BCUT2D eigenvalue weighted by molar-refractivity contribution is 5.10. The number of unbranched alkanes of at least 4 members (excludes halogenated alkanes) is 2. The predicted octanol–water partition coefficient (Wildman–Crippen LogP) is 3.18. The van der Waals surface area contributed by atoms with E-state index in [0.29, 0.717) is 6.04 Å².